The number of hydrogen-bond acceptors (Lipinski definition) is 5. The largest absolute Gasteiger partial charge is 0.347 e. The smallest absolute Gasteiger partial charge is 0.271 e. The van der Waals surface area contributed by atoms with E-state index in [0.29, 0.717) is 12.2 Å². The summed E-state index contributed by atoms with van der Waals surface area (Å²) in [5.41, 5.74) is 5.91. The number of nitrogens with two attached hydrogens (primary N) is 1. The molecule has 0 fully saturated rings. The standard InChI is InChI=1S/C11H12BrN3OS2.ClH/c1-6(4-13)14-10(16)7-5-17-11(15-7)8-2-3-9(12)18-8;/h2-3,5-6H,4,13H2,1H3,(H,14,16);1H/t6-;/m0./s1. The normalized spacial score (nSPS) is 11.7. The predicted octanol–water partition coefficient (Wildman–Crippen LogP) is 3.13. The summed E-state index contributed by atoms with van der Waals surface area (Å²) in [4.78, 5) is 17.2. The molecule has 0 aliphatic rings. The first-order valence-corrected chi connectivity index (χ1v) is 7.81. The van der Waals surface area contributed by atoms with Crippen molar-refractivity contribution in [2.75, 3.05) is 6.54 Å². The van der Waals surface area contributed by atoms with Gasteiger partial charge in [-0.2, -0.15) is 0 Å². The van der Waals surface area contributed by atoms with Crippen LogP contribution in [-0.2, 0) is 0 Å². The van der Waals surface area contributed by atoms with Crippen molar-refractivity contribution >= 4 is 56.9 Å². The SMILES string of the molecule is C[C@@H](CN)NC(=O)c1csc(-c2ccc(Br)s2)n1.Cl. The Morgan fingerprint density at radius 3 is 2.89 bits per heavy atom. The van der Waals surface area contributed by atoms with Crippen molar-refractivity contribution in [2.24, 2.45) is 5.73 Å². The number of rotatable bonds is 4. The molecular weight excluding hydrogens is 370 g/mol. The molecule has 8 heteroatoms. The van der Waals surface area contributed by atoms with E-state index in [1.165, 1.54) is 11.3 Å². The van der Waals surface area contributed by atoms with Gasteiger partial charge in [0, 0.05) is 18.0 Å². The number of halogens is 2. The van der Waals surface area contributed by atoms with E-state index >= 15 is 0 Å². The molecule has 0 aromatic carbocycles. The topological polar surface area (TPSA) is 68.0 Å². The van der Waals surface area contributed by atoms with Crippen molar-refractivity contribution < 1.29 is 4.79 Å². The highest BCUT2D eigenvalue weighted by atomic mass is 79.9. The Balaban J connectivity index is 0.00000180. The lowest BCUT2D eigenvalue weighted by Crippen LogP contribution is -2.37. The Hall–Kier alpha value is -0.470. The maximum atomic E-state index is 11.8. The Kier molecular flexibility index (Phi) is 6.41. The molecule has 0 spiro atoms. The monoisotopic (exact) mass is 381 g/mol. The molecule has 2 aromatic heterocycles. The molecule has 0 saturated heterocycles. The van der Waals surface area contributed by atoms with E-state index in [4.69, 9.17) is 5.73 Å². The van der Waals surface area contributed by atoms with Crippen LogP contribution in [-0.4, -0.2) is 23.5 Å². The van der Waals surface area contributed by atoms with Gasteiger partial charge < -0.3 is 11.1 Å². The third-order valence-corrected chi connectivity index (χ3v) is 4.89. The van der Waals surface area contributed by atoms with Crippen molar-refractivity contribution in [2.45, 2.75) is 13.0 Å². The van der Waals surface area contributed by atoms with Gasteiger partial charge in [-0.25, -0.2) is 4.98 Å². The number of nitrogens with zero attached hydrogens (tertiary/aromatic N) is 1. The van der Waals surface area contributed by atoms with Crippen LogP contribution >= 0.6 is 51.0 Å². The molecule has 3 N–H and O–H groups in total. The average molecular weight is 383 g/mol. The van der Waals surface area contributed by atoms with Crippen LogP contribution < -0.4 is 11.1 Å². The Morgan fingerprint density at radius 1 is 1.58 bits per heavy atom. The van der Waals surface area contributed by atoms with Gasteiger partial charge in [0.2, 0.25) is 0 Å². The average Bonchev–Trinajstić information content (AvgIpc) is 2.96. The van der Waals surface area contributed by atoms with Crippen LogP contribution in [0.3, 0.4) is 0 Å². The lowest BCUT2D eigenvalue weighted by Gasteiger charge is -2.09. The highest BCUT2D eigenvalue weighted by Crippen LogP contribution is 2.33. The van der Waals surface area contributed by atoms with Crippen molar-refractivity contribution in [1.29, 1.82) is 0 Å². The molecule has 0 saturated carbocycles. The van der Waals surface area contributed by atoms with Gasteiger partial charge in [0.05, 0.1) is 8.66 Å². The zero-order valence-electron chi connectivity index (χ0n) is 10.1. The molecule has 0 aliphatic carbocycles. The van der Waals surface area contributed by atoms with Crippen LogP contribution in [0.4, 0.5) is 0 Å². The number of thiophene rings is 1. The Morgan fingerprint density at radius 2 is 2.32 bits per heavy atom. The zero-order chi connectivity index (χ0) is 13.1. The number of aromatic nitrogens is 1. The fourth-order valence-electron chi connectivity index (χ4n) is 1.28. The maximum absolute atomic E-state index is 11.8. The third kappa shape index (κ3) is 4.25. The van der Waals surface area contributed by atoms with E-state index in [2.05, 4.69) is 26.2 Å². The molecule has 0 unspecified atom stereocenters. The number of nitrogens with one attached hydrogen (secondary N) is 1. The molecule has 0 aliphatic heterocycles. The van der Waals surface area contributed by atoms with E-state index in [-0.39, 0.29) is 24.4 Å². The van der Waals surface area contributed by atoms with Crippen LogP contribution in [0, 0.1) is 0 Å². The van der Waals surface area contributed by atoms with Gasteiger partial charge in [-0.05, 0) is 35.0 Å². The van der Waals surface area contributed by atoms with Gasteiger partial charge in [0.25, 0.3) is 5.91 Å². The summed E-state index contributed by atoms with van der Waals surface area (Å²) in [6, 6.07) is 3.91. The summed E-state index contributed by atoms with van der Waals surface area (Å²) in [5.74, 6) is -0.175. The molecule has 2 heterocycles. The lowest BCUT2D eigenvalue weighted by molar-refractivity contribution is 0.0937. The third-order valence-electron chi connectivity index (χ3n) is 2.25. The van der Waals surface area contributed by atoms with E-state index < -0.39 is 0 Å². The highest BCUT2D eigenvalue weighted by Gasteiger charge is 2.14. The van der Waals surface area contributed by atoms with Crippen molar-refractivity contribution in [3.63, 3.8) is 0 Å². The first kappa shape index (κ1) is 16.6. The molecule has 2 aromatic rings. The van der Waals surface area contributed by atoms with E-state index in [1.54, 1.807) is 16.7 Å². The summed E-state index contributed by atoms with van der Waals surface area (Å²) < 4.78 is 1.05. The molecule has 0 bridgehead atoms. The lowest BCUT2D eigenvalue weighted by atomic mass is 10.3. The maximum Gasteiger partial charge on any atom is 0.271 e. The summed E-state index contributed by atoms with van der Waals surface area (Å²) in [6.07, 6.45) is 0. The Labute approximate surface area is 134 Å². The minimum atomic E-state index is -0.175. The minimum Gasteiger partial charge on any atom is -0.347 e. The molecule has 2 rings (SSSR count). The van der Waals surface area contributed by atoms with Crippen LogP contribution in [0.15, 0.2) is 21.3 Å². The van der Waals surface area contributed by atoms with Crippen LogP contribution in [0.25, 0.3) is 9.88 Å². The van der Waals surface area contributed by atoms with Crippen LogP contribution in [0.2, 0.25) is 0 Å². The van der Waals surface area contributed by atoms with Crippen molar-refractivity contribution in [3.05, 3.63) is 27.0 Å². The van der Waals surface area contributed by atoms with Gasteiger partial charge in [0.1, 0.15) is 10.7 Å². The van der Waals surface area contributed by atoms with Crippen molar-refractivity contribution in [1.82, 2.24) is 10.3 Å². The van der Waals surface area contributed by atoms with E-state index in [0.717, 1.165) is 13.7 Å². The van der Waals surface area contributed by atoms with Gasteiger partial charge in [0.15, 0.2) is 0 Å². The molecule has 4 nitrogen and oxygen atoms in total. The van der Waals surface area contributed by atoms with Gasteiger partial charge in [-0.15, -0.1) is 35.1 Å². The highest BCUT2D eigenvalue weighted by molar-refractivity contribution is 9.11. The molecule has 104 valence electrons. The molecule has 19 heavy (non-hydrogen) atoms. The molecule has 1 atom stereocenters. The van der Waals surface area contributed by atoms with Gasteiger partial charge in [-0.3, -0.25) is 4.79 Å². The fraction of sp³-hybridized carbons (Fsp3) is 0.273. The molecule has 1 amide bonds. The number of hydrogen-bond donors (Lipinski definition) is 2. The van der Waals surface area contributed by atoms with Crippen molar-refractivity contribution in [3.8, 4) is 9.88 Å². The predicted molar refractivity (Wildman–Crippen MR) is 86.4 cm³/mol. The fourth-order valence-corrected chi connectivity index (χ4v) is 3.54. The first-order valence-electron chi connectivity index (χ1n) is 5.32. The first-order chi connectivity index (χ1) is 8.60. The second-order valence-corrected chi connectivity index (χ2v) is 7.07. The summed E-state index contributed by atoms with van der Waals surface area (Å²) in [6.45, 7) is 2.28. The number of carbonyl (C=O) groups is 1. The van der Waals surface area contributed by atoms with Gasteiger partial charge >= 0.3 is 0 Å². The zero-order valence-corrected chi connectivity index (χ0v) is 14.1. The van der Waals surface area contributed by atoms with E-state index in [1.807, 2.05) is 19.1 Å². The molecular formula is C11H13BrClN3OS2. The quantitative estimate of drug-likeness (QED) is 0.853. The Bertz CT molecular complexity index is 558. The second-order valence-electron chi connectivity index (χ2n) is 3.75. The van der Waals surface area contributed by atoms with Gasteiger partial charge in [-0.1, -0.05) is 0 Å². The summed E-state index contributed by atoms with van der Waals surface area (Å²) >= 11 is 6.47. The summed E-state index contributed by atoms with van der Waals surface area (Å²) in [7, 11) is 0. The second kappa shape index (κ2) is 7.35. The van der Waals surface area contributed by atoms with E-state index in [9.17, 15) is 4.79 Å². The summed E-state index contributed by atoms with van der Waals surface area (Å²) in [5, 5.41) is 5.41. The number of amides is 1. The number of thiazole rings is 1. The van der Waals surface area contributed by atoms with Crippen LogP contribution in [0.5, 0.6) is 0 Å². The minimum absolute atomic E-state index is 0. The number of carbonyl (C=O) groups excluding carboxylic acids is 1. The van der Waals surface area contributed by atoms with Crippen LogP contribution in [0.1, 0.15) is 17.4 Å². The molecule has 0 radical (unpaired) electrons.